The number of halogens is 3. The summed E-state index contributed by atoms with van der Waals surface area (Å²) in [5, 5.41) is 8.47. The summed E-state index contributed by atoms with van der Waals surface area (Å²) in [7, 11) is -3.99. The van der Waals surface area contributed by atoms with E-state index in [9.17, 15) is 21.6 Å². The lowest BCUT2D eigenvalue weighted by atomic mass is 10.3. The molecule has 0 saturated heterocycles. The first-order valence-corrected chi connectivity index (χ1v) is 6.68. The number of alkyl halides is 3. The molecule has 10 heteroatoms. The molecule has 2 aromatic rings. The molecule has 108 valence electrons. The molecule has 1 aromatic carbocycles. The molecular formula is C10H9F3N4O2S. The Morgan fingerprint density at radius 2 is 1.90 bits per heavy atom. The van der Waals surface area contributed by atoms with E-state index >= 15 is 0 Å². The van der Waals surface area contributed by atoms with Crippen molar-refractivity contribution in [2.24, 2.45) is 5.14 Å². The lowest BCUT2D eigenvalue weighted by molar-refractivity contribution is -0.137. The van der Waals surface area contributed by atoms with Crippen molar-refractivity contribution in [3.8, 4) is 5.69 Å². The van der Waals surface area contributed by atoms with Crippen LogP contribution in [0.2, 0.25) is 0 Å². The number of benzene rings is 1. The molecule has 20 heavy (non-hydrogen) atoms. The van der Waals surface area contributed by atoms with Gasteiger partial charge in [0.25, 0.3) is 0 Å². The number of anilines is 1. The number of nitrogen functional groups attached to an aromatic ring is 1. The summed E-state index contributed by atoms with van der Waals surface area (Å²) in [6.07, 6.45) is -3.08. The quantitative estimate of drug-likeness (QED) is 0.811. The highest BCUT2D eigenvalue weighted by atomic mass is 32.2. The molecular weight excluding hydrogens is 297 g/mol. The second-order valence-corrected chi connectivity index (χ2v) is 5.47. The van der Waals surface area contributed by atoms with Crippen LogP contribution in [-0.4, -0.2) is 18.2 Å². The van der Waals surface area contributed by atoms with E-state index in [0.717, 1.165) is 16.9 Å². The molecule has 0 aliphatic rings. The van der Waals surface area contributed by atoms with Crippen molar-refractivity contribution in [1.29, 1.82) is 0 Å². The first-order chi connectivity index (χ1) is 9.09. The van der Waals surface area contributed by atoms with Crippen LogP contribution in [0.5, 0.6) is 0 Å². The zero-order valence-electron chi connectivity index (χ0n) is 9.79. The predicted molar refractivity (Wildman–Crippen MR) is 64.4 cm³/mol. The van der Waals surface area contributed by atoms with Gasteiger partial charge in [-0.1, -0.05) is 0 Å². The third kappa shape index (κ3) is 2.75. The monoisotopic (exact) mass is 306 g/mol. The van der Waals surface area contributed by atoms with Gasteiger partial charge in [0.1, 0.15) is 4.90 Å². The van der Waals surface area contributed by atoms with Crippen molar-refractivity contribution in [3.63, 3.8) is 0 Å². The van der Waals surface area contributed by atoms with Gasteiger partial charge in [-0.25, -0.2) is 18.2 Å². The fraction of sp³-hybridized carbons (Fsp3) is 0.100. The van der Waals surface area contributed by atoms with Crippen molar-refractivity contribution in [2.75, 3.05) is 5.73 Å². The maximum absolute atomic E-state index is 12.4. The summed E-state index contributed by atoms with van der Waals surface area (Å²) < 4.78 is 60.6. The van der Waals surface area contributed by atoms with Gasteiger partial charge >= 0.3 is 6.18 Å². The van der Waals surface area contributed by atoms with Gasteiger partial charge in [-0.05, 0) is 18.2 Å². The van der Waals surface area contributed by atoms with Crippen LogP contribution in [0.1, 0.15) is 5.56 Å². The maximum Gasteiger partial charge on any atom is 0.419 e. The third-order valence-corrected chi connectivity index (χ3v) is 3.46. The molecule has 0 radical (unpaired) electrons. The molecule has 0 saturated carbocycles. The highest BCUT2D eigenvalue weighted by Gasteiger charge is 2.32. The van der Waals surface area contributed by atoms with Crippen molar-refractivity contribution in [1.82, 2.24) is 9.78 Å². The molecule has 1 aromatic heterocycles. The van der Waals surface area contributed by atoms with Gasteiger partial charge in [0.15, 0.2) is 0 Å². The Hall–Kier alpha value is -2.07. The second kappa shape index (κ2) is 4.49. The Balaban J connectivity index is 2.45. The average molecular weight is 306 g/mol. The largest absolute Gasteiger partial charge is 0.419 e. The number of sulfonamides is 1. The Bertz CT molecular complexity index is 752. The van der Waals surface area contributed by atoms with Crippen LogP contribution in [0, 0.1) is 0 Å². The second-order valence-electron chi connectivity index (χ2n) is 3.94. The summed E-state index contributed by atoms with van der Waals surface area (Å²) in [4.78, 5) is -0.301. The van der Waals surface area contributed by atoms with Crippen molar-refractivity contribution in [3.05, 3.63) is 36.2 Å². The van der Waals surface area contributed by atoms with Crippen LogP contribution < -0.4 is 10.9 Å². The smallest absolute Gasteiger partial charge is 0.398 e. The number of hydrogen-bond acceptors (Lipinski definition) is 4. The summed E-state index contributed by atoms with van der Waals surface area (Å²) in [5.41, 5.74) is 4.60. The lowest BCUT2D eigenvalue weighted by Gasteiger charge is -2.07. The fourth-order valence-electron chi connectivity index (χ4n) is 1.55. The normalized spacial score (nSPS) is 12.6. The molecule has 0 atom stereocenters. The Labute approximate surface area is 111 Å². The van der Waals surface area contributed by atoms with E-state index in [1.807, 2.05) is 0 Å². The van der Waals surface area contributed by atoms with E-state index in [0.29, 0.717) is 6.20 Å². The molecule has 0 fully saturated rings. The van der Waals surface area contributed by atoms with Gasteiger partial charge < -0.3 is 5.73 Å². The summed E-state index contributed by atoms with van der Waals surface area (Å²) >= 11 is 0. The van der Waals surface area contributed by atoms with E-state index < -0.39 is 21.8 Å². The topological polar surface area (TPSA) is 104 Å². The minimum atomic E-state index is -4.51. The molecule has 4 N–H and O–H groups in total. The zero-order chi connectivity index (χ0) is 15.1. The number of nitrogens with two attached hydrogens (primary N) is 2. The summed E-state index contributed by atoms with van der Waals surface area (Å²) in [6, 6.07) is 3.53. The number of nitrogens with zero attached hydrogens (tertiary/aromatic N) is 2. The molecule has 2 rings (SSSR count). The molecule has 0 aliphatic heterocycles. The van der Waals surface area contributed by atoms with Crippen molar-refractivity contribution >= 4 is 15.7 Å². The van der Waals surface area contributed by atoms with E-state index in [2.05, 4.69) is 5.10 Å². The highest BCUT2D eigenvalue weighted by Crippen LogP contribution is 2.29. The van der Waals surface area contributed by atoms with E-state index in [-0.39, 0.29) is 16.3 Å². The Kier molecular flexibility index (Phi) is 3.22. The van der Waals surface area contributed by atoms with Crippen LogP contribution in [0.15, 0.2) is 35.5 Å². The molecule has 0 bridgehead atoms. The standard InChI is InChI=1S/C10H9F3N4O2S/c11-10(12,13)6-4-16-17(5-6)7-1-2-9(8(14)3-7)20(15,18)19/h1-5H,14H2,(H2,15,18,19). The van der Waals surface area contributed by atoms with Crippen LogP contribution in [-0.2, 0) is 16.2 Å². The van der Waals surface area contributed by atoms with Gasteiger partial charge in [0.05, 0.1) is 23.1 Å². The van der Waals surface area contributed by atoms with Gasteiger partial charge in [-0.2, -0.15) is 18.3 Å². The highest BCUT2D eigenvalue weighted by molar-refractivity contribution is 7.89. The first-order valence-electron chi connectivity index (χ1n) is 5.13. The van der Waals surface area contributed by atoms with Gasteiger partial charge in [-0.15, -0.1) is 0 Å². The molecule has 0 amide bonds. The van der Waals surface area contributed by atoms with Gasteiger partial charge in [-0.3, -0.25) is 0 Å². The summed E-state index contributed by atoms with van der Waals surface area (Å²) in [5.74, 6) is 0. The number of hydrogen-bond donors (Lipinski definition) is 2. The van der Waals surface area contributed by atoms with Crippen LogP contribution >= 0.6 is 0 Å². The molecule has 0 spiro atoms. The minimum Gasteiger partial charge on any atom is -0.398 e. The molecule has 1 heterocycles. The van der Waals surface area contributed by atoms with Gasteiger partial charge in [0.2, 0.25) is 10.0 Å². The first kappa shape index (κ1) is 14.3. The maximum atomic E-state index is 12.4. The van der Waals surface area contributed by atoms with Crippen molar-refractivity contribution in [2.45, 2.75) is 11.1 Å². The van der Waals surface area contributed by atoms with Crippen molar-refractivity contribution < 1.29 is 21.6 Å². The Morgan fingerprint density at radius 1 is 1.25 bits per heavy atom. The molecule has 0 aliphatic carbocycles. The third-order valence-electron chi connectivity index (χ3n) is 2.47. The fourth-order valence-corrected chi connectivity index (χ4v) is 2.19. The van der Waals surface area contributed by atoms with Crippen LogP contribution in [0.25, 0.3) is 5.69 Å². The summed E-state index contributed by atoms with van der Waals surface area (Å²) in [6.45, 7) is 0. The lowest BCUT2D eigenvalue weighted by Crippen LogP contribution is -2.14. The van der Waals surface area contributed by atoms with E-state index in [4.69, 9.17) is 10.9 Å². The van der Waals surface area contributed by atoms with Gasteiger partial charge in [0, 0.05) is 6.20 Å². The number of aromatic nitrogens is 2. The van der Waals surface area contributed by atoms with Crippen LogP contribution in [0.4, 0.5) is 18.9 Å². The van der Waals surface area contributed by atoms with E-state index in [1.165, 1.54) is 12.1 Å². The Morgan fingerprint density at radius 3 is 2.35 bits per heavy atom. The zero-order valence-corrected chi connectivity index (χ0v) is 10.6. The average Bonchev–Trinajstić information content (AvgIpc) is 2.75. The van der Waals surface area contributed by atoms with Crippen LogP contribution in [0.3, 0.4) is 0 Å². The molecule has 0 unspecified atom stereocenters. The van der Waals surface area contributed by atoms with E-state index in [1.54, 1.807) is 0 Å². The molecule has 6 nitrogen and oxygen atoms in total. The number of rotatable bonds is 2. The predicted octanol–water partition coefficient (Wildman–Crippen LogP) is 1.12. The number of primary sulfonamides is 1. The minimum absolute atomic E-state index is 0.172. The SMILES string of the molecule is Nc1cc(-n2cc(C(F)(F)F)cn2)ccc1S(N)(=O)=O.